The number of nitrogens with zero attached hydrogens (tertiary/aromatic N) is 2. The number of nitrogens with one attached hydrogen (secondary N) is 2. The van der Waals surface area contributed by atoms with Crippen LogP contribution in [0, 0.1) is 20.2 Å². The molecule has 0 bridgehead atoms. The van der Waals surface area contributed by atoms with Gasteiger partial charge < -0.3 is 10.6 Å². The van der Waals surface area contributed by atoms with Crippen LogP contribution >= 0.6 is 23.2 Å². The van der Waals surface area contributed by atoms with E-state index in [1.54, 1.807) is 41.5 Å². The molecular formula is C12H20Cl2N4O4. The summed E-state index contributed by atoms with van der Waals surface area (Å²) in [5.41, 5.74) is -1.78. The van der Waals surface area contributed by atoms with Crippen molar-refractivity contribution in [2.45, 2.75) is 52.6 Å². The summed E-state index contributed by atoms with van der Waals surface area (Å²) in [6.07, 6.45) is 0. The Labute approximate surface area is 138 Å². The van der Waals surface area contributed by atoms with Gasteiger partial charge in [-0.2, -0.15) is 0 Å². The van der Waals surface area contributed by atoms with E-state index in [0.717, 1.165) is 0 Å². The summed E-state index contributed by atoms with van der Waals surface area (Å²) in [5.74, 6) is -0.0463. The van der Waals surface area contributed by atoms with E-state index >= 15 is 0 Å². The van der Waals surface area contributed by atoms with E-state index in [4.69, 9.17) is 23.2 Å². The number of hydrogen-bond acceptors (Lipinski definition) is 6. The monoisotopic (exact) mass is 354 g/mol. The highest BCUT2D eigenvalue weighted by atomic mass is 35.5. The van der Waals surface area contributed by atoms with E-state index in [-0.39, 0.29) is 5.82 Å². The third kappa shape index (κ3) is 6.95. The summed E-state index contributed by atoms with van der Waals surface area (Å²) >= 11 is 11.2. The second kappa shape index (κ2) is 7.15. The molecule has 10 heteroatoms. The molecule has 0 rings (SSSR count). The van der Waals surface area contributed by atoms with E-state index in [0.29, 0.717) is 0 Å². The highest BCUT2D eigenvalue weighted by molar-refractivity contribution is 6.39. The van der Waals surface area contributed by atoms with Gasteiger partial charge in [-0.15, -0.1) is 0 Å². The van der Waals surface area contributed by atoms with Gasteiger partial charge in [-0.3, -0.25) is 20.2 Å². The molecule has 0 aliphatic rings. The zero-order valence-electron chi connectivity index (χ0n) is 13.3. The van der Waals surface area contributed by atoms with Crippen LogP contribution in [-0.4, -0.2) is 20.9 Å². The molecule has 126 valence electrons. The SMILES string of the molecule is CC(C)(C)NC(NC(C)(C)C)=C(/C(Cl)=C(/Cl)[N+](=O)[O-])[N+](=O)[O-]. The van der Waals surface area contributed by atoms with Crippen molar-refractivity contribution in [3.05, 3.63) is 41.9 Å². The van der Waals surface area contributed by atoms with E-state index in [1.165, 1.54) is 0 Å². The van der Waals surface area contributed by atoms with Crippen LogP contribution in [0.15, 0.2) is 21.7 Å². The van der Waals surface area contributed by atoms with Crippen molar-refractivity contribution in [2.24, 2.45) is 0 Å². The van der Waals surface area contributed by atoms with Crippen molar-refractivity contribution in [1.82, 2.24) is 10.6 Å². The molecule has 0 unspecified atom stereocenters. The van der Waals surface area contributed by atoms with Crippen LogP contribution in [0.5, 0.6) is 0 Å². The first kappa shape index (κ1) is 20.5. The Bertz CT molecular complexity index is 512. The third-order valence-electron chi connectivity index (χ3n) is 1.97. The van der Waals surface area contributed by atoms with Gasteiger partial charge in [0.25, 0.3) is 0 Å². The molecule has 0 saturated heterocycles. The topological polar surface area (TPSA) is 110 Å². The molecule has 0 atom stereocenters. The van der Waals surface area contributed by atoms with Crippen molar-refractivity contribution in [3.63, 3.8) is 0 Å². The number of rotatable bonds is 5. The van der Waals surface area contributed by atoms with E-state index < -0.39 is 36.8 Å². The first-order valence-corrected chi connectivity index (χ1v) is 7.06. The highest BCUT2D eigenvalue weighted by Gasteiger charge is 2.33. The molecule has 0 spiro atoms. The summed E-state index contributed by atoms with van der Waals surface area (Å²) in [6.45, 7) is 10.7. The Kier molecular flexibility index (Phi) is 6.65. The molecule has 0 aromatic heterocycles. The Hall–Kier alpha value is -1.54. The first-order chi connectivity index (χ1) is 9.65. The largest absolute Gasteiger partial charge is 0.363 e. The minimum Gasteiger partial charge on any atom is -0.362 e. The molecule has 0 aliphatic carbocycles. The minimum atomic E-state index is -1.02. The smallest absolute Gasteiger partial charge is 0.362 e. The zero-order chi connectivity index (χ0) is 17.9. The maximum Gasteiger partial charge on any atom is 0.363 e. The quantitative estimate of drug-likeness (QED) is 0.339. The molecule has 0 radical (unpaired) electrons. The fourth-order valence-electron chi connectivity index (χ4n) is 1.36. The predicted molar refractivity (Wildman–Crippen MR) is 85.5 cm³/mol. The predicted octanol–water partition coefficient (Wildman–Crippen LogP) is 3.13. The van der Waals surface area contributed by atoms with Gasteiger partial charge in [0.1, 0.15) is 0 Å². The molecular weight excluding hydrogens is 335 g/mol. The lowest BCUT2D eigenvalue weighted by Gasteiger charge is -2.30. The van der Waals surface area contributed by atoms with Crippen LogP contribution in [0.2, 0.25) is 0 Å². The Balaban J connectivity index is 6.31. The fraction of sp³-hybridized carbons (Fsp3) is 0.667. The molecule has 0 aromatic rings. The van der Waals surface area contributed by atoms with Gasteiger partial charge in [0.2, 0.25) is 5.03 Å². The lowest BCUT2D eigenvalue weighted by atomic mass is 10.1. The van der Waals surface area contributed by atoms with Gasteiger partial charge in [0.15, 0.2) is 5.82 Å². The van der Waals surface area contributed by atoms with Crippen LogP contribution in [0.3, 0.4) is 0 Å². The zero-order valence-corrected chi connectivity index (χ0v) is 14.8. The lowest BCUT2D eigenvalue weighted by molar-refractivity contribution is -0.430. The molecule has 0 fully saturated rings. The molecule has 22 heavy (non-hydrogen) atoms. The number of allylic oxidation sites excluding steroid dienone is 1. The maximum atomic E-state index is 11.3. The highest BCUT2D eigenvalue weighted by Crippen LogP contribution is 2.26. The van der Waals surface area contributed by atoms with Crippen LogP contribution in [0.25, 0.3) is 0 Å². The molecule has 2 N–H and O–H groups in total. The number of halogens is 2. The average Bonchev–Trinajstić information content (AvgIpc) is 2.22. The minimum absolute atomic E-state index is 0.0463. The summed E-state index contributed by atoms with van der Waals surface area (Å²) < 4.78 is 0. The van der Waals surface area contributed by atoms with E-state index in [9.17, 15) is 20.2 Å². The average molecular weight is 355 g/mol. The van der Waals surface area contributed by atoms with Gasteiger partial charge in [-0.1, -0.05) is 11.6 Å². The fourth-order valence-corrected chi connectivity index (χ4v) is 1.68. The Morgan fingerprint density at radius 3 is 1.45 bits per heavy atom. The lowest BCUT2D eigenvalue weighted by Crippen LogP contribution is -2.47. The van der Waals surface area contributed by atoms with Crippen molar-refractivity contribution in [1.29, 1.82) is 0 Å². The summed E-state index contributed by atoms with van der Waals surface area (Å²) in [4.78, 5) is 20.2. The second-order valence-electron chi connectivity index (χ2n) is 6.59. The van der Waals surface area contributed by atoms with E-state index in [1.807, 2.05) is 0 Å². The van der Waals surface area contributed by atoms with Crippen molar-refractivity contribution < 1.29 is 9.85 Å². The standard InChI is InChI=1S/C12H20Cl2N4O4/c1-11(2,3)15-10(16-12(4,5)6)8(17(19)20)7(13)9(14)18(21)22/h15-16H,1-6H3/b9-7+. The number of nitro groups is 2. The molecule has 0 saturated carbocycles. The van der Waals surface area contributed by atoms with E-state index in [2.05, 4.69) is 10.6 Å². The molecule has 0 aliphatic heterocycles. The van der Waals surface area contributed by atoms with Crippen LogP contribution in [0.1, 0.15) is 41.5 Å². The normalized spacial score (nSPS) is 13.1. The second-order valence-corrected chi connectivity index (χ2v) is 7.33. The molecule has 8 nitrogen and oxygen atoms in total. The summed E-state index contributed by atoms with van der Waals surface area (Å²) in [6, 6.07) is 0. The van der Waals surface area contributed by atoms with Crippen LogP contribution in [-0.2, 0) is 0 Å². The molecule has 0 heterocycles. The third-order valence-corrected chi connectivity index (χ3v) is 2.75. The molecule has 0 aromatic carbocycles. The Morgan fingerprint density at radius 2 is 1.23 bits per heavy atom. The number of hydrogen-bond donors (Lipinski definition) is 2. The van der Waals surface area contributed by atoms with Crippen LogP contribution in [0.4, 0.5) is 0 Å². The van der Waals surface area contributed by atoms with Crippen molar-refractivity contribution in [2.75, 3.05) is 0 Å². The van der Waals surface area contributed by atoms with Crippen molar-refractivity contribution in [3.8, 4) is 0 Å². The van der Waals surface area contributed by atoms with Gasteiger partial charge >= 0.3 is 10.9 Å². The van der Waals surface area contributed by atoms with Gasteiger partial charge in [-0.05, 0) is 53.1 Å². The maximum absolute atomic E-state index is 11.3. The first-order valence-electron chi connectivity index (χ1n) is 6.31. The summed E-state index contributed by atoms with van der Waals surface area (Å²) in [7, 11) is 0. The van der Waals surface area contributed by atoms with Gasteiger partial charge in [-0.25, -0.2) is 0 Å². The molecule has 0 amide bonds. The Morgan fingerprint density at radius 1 is 0.864 bits per heavy atom. The van der Waals surface area contributed by atoms with Gasteiger partial charge in [0.05, 0.1) is 9.85 Å². The van der Waals surface area contributed by atoms with Crippen molar-refractivity contribution >= 4 is 23.2 Å². The van der Waals surface area contributed by atoms with Crippen LogP contribution < -0.4 is 10.6 Å². The van der Waals surface area contributed by atoms with Gasteiger partial charge in [0, 0.05) is 11.1 Å². The summed E-state index contributed by atoms with van der Waals surface area (Å²) in [5, 5.41) is 26.1.